The molecule has 6 rings (SSSR count). The zero-order valence-corrected chi connectivity index (χ0v) is 21.3. The third-order valence-corrected chi connectivity index (χ3v) is 8.99. The molecule has 3 aliphatic heterocycles. The van der Waals surface area contributed by atoms with Gasteiger partial charge in [-0.1, -0.05) is 66.7 Å². The second-order valence-corrected chi connectivity index (χ2v) is 11.4. The summed E-state index contributed by atoms with van der Waals surface area (Å²) in [5.74, 6) is -0.474. The minimum Gasteiger partial charge on any atom is -0.454 e. The molecule has 0 aromatic heterocycles. The zero-order chi connectivity index (χ0) is 25.6. The number of ether oxygens (including phenoxy) is 1. The van der Waals surface area contributed by atoms with Crippen LogP contribution in [0.2, 0.25) is 0 Å². The predicted molar refractivity (Wildman–Crippen MR) is 143 cm³/mol. The average molecular weight is 514 g/mol. The molecule has 8 heteroatoms. The molecular formula is C29H27N3O4S. The lowest BCUT2D eigenvalue weighted by Crippen LogP contribution is -2.47. The van der Waals surface area contributed by atoms with Gasteiger partial charge in [0.25, 0.3) is 5.91 Å². The van der Waals surface area contributed by atoms with Gasteiger partial charge in [-0.05, 0) is 41.3 Å². The maximum atomic E-state index is 13.3. The highest BCUT2D eigenvalue weighted by molar-refractivity contribution is 8.01. The molecule has 3 aromatic rings. The number of hydrazone groups is 1. The highest BCUT2D eigenvalue weighted by Gasteiger charge is 2.53. The van der Waals surface area contributed by atoms with Gasteiger partial charge < -0.3 is 9.64 Å². The molecule has 0 unspecified atom stereocenters. The lowest BCUT2D eigenvalue weighted by Gasteiger charge is -2.29. The van der Waals surface area contributed by atoms with E-state index in [-0.39, 0.29) is 22.7 Å². The van der Waals surface area contributed by atoms with E-state index in [9.17, 15) is 14.4 Å². The van der Waals surface area contributed by atoms with Crippen molar-refractivity contribution < 1.29 is 19.1 Å². The molecule has 3 aliphatic rings. The van der Waals surface area contributed by atoms with Crippen LogP contribution in [0.1, 0.15) is 43.4 Å². The number of benzene rings is 3. The summed E-state index contributed by atoms with van der Waals surface area (Å²) in [6, 6.07) is 23.1. The quantitative estimate of drug-likeness (QED) is 0.469. The van der Waals surface area contributed by atoms with Gasteiger partial charge in [0.15, 0.2) is 6.61 Å². The number of fused-ring (bicyclic) bond motifs is 2. The van der Waals surface area contributed by atoms with E-state index in [1.165, 1.54) is 5.01 Å². The fourth-order valence-electron chi connectivity index (χ4n) is 5.51. The number of hydrogen-bond donors (Lipinski definition) is 0. The summed E-state index contributed by atoms with van der Waals surface area (Å²) in [6.45, 7) is 1.56. The van der Waals surface area contributed by atoms with Crippen molar-refractivity contribution >= 4 is 46.0 Å². The molecule has 7 nitrogen and oxygen atoms in total. The Labute approximate surface area is 219 Å². The smallest absolute Gasteiger partial charge is 0.330 e. The fourth-order valence-corrected chi connectivity index (χ4v) is 6.93. The van der Waals surface area contributed by atoms with Crippen LogP contribution >= 0.6 is 11.8 Å². The molecule has 2 fully saturated rings. The van der Waals surface area contributed by atoms with Crippen LogP contribution in [0, 0.1) is 0 Å². The first-order chi connectivity index (χ1) is 17.9. The van der Waals surface area contributed by atoms with E-state index < -0.39 is 18.6 Å². The largest absolute Gasteiger partial charge is 0.454 e. The van der Waals surface area contributed by atoms with Crippen LogP contribution in [0.5, 0.6) is 0 Å². The van der Waals surface area contributed by atoms with Gasteiger partial charge in [-0.2, -0.15) is 5.10 Å². The van der Waals surface area contributed by atoms with Gasteiger partial charge in [-0.3, -0.25) is 9.59 Å². The third-order valence-electron chi connectivity index (χ3n) is 7.49. The van der Waals surface area contributed by atoms with E-state index in [4.69, 9.17) is 9.84 Å². The maximum absolute atomic E-state index is 13.3. The van der Waals surface area contributed by atoms with Crippen LogP contribution in [0.4, 0.5) is 0 Å². The van der Waals surface area contributed by atoms with Crippen LogP contribution < -0.4 is 0 Å². The maximum Gasteiger partial charge on any atom is 0.330 e. The molecule has 3 atom stereocenters. The number of rotatable bonds is 5. The molecule has 3 heterocycles. The van der Waals surface area contributed by atoms with Crippen molar-refractivity contribution in [1.29, 1.82) is 0 Å². The molecule has 2 amide bonds. The molecule has 0 radical (unpaired) electrons. The Hall–Kier alpha value is -3.65. The normalized spacial score (nSPS) is 24.9. The number of amides is 2. The van der Waals surface area contributed by atoms with Gasteiger partial charge in [0, 0.05) is 18.6 Å². The summed E-state index contributed by atoms with van der Waals surface area (Å²) in [4.78, 5) is 39.9. The van der Waals surface area contributed by atoms with Crippen molar-refractivity contribution in [2.24, 2.45) is 5.10 Å². The average Bonchev–Trinajstić information content (AvgIpc) is 3.60. The summed E-state index contributed by atoms with van der Waals surface area (Å²) < 4.78 is 5.48. The highest BCUT2D eigenvalue weighted by atomic mass is 32.2. The van der Waals surface area contributed by atoms with Crippen LogP contribution in [0.25, 0.3) is 10.8 Å². The van der Waals surface area contributed by atoms with Gasteiger partial charge in [0.1, 0.15) is 6.04 Å². The second-order valence-electron chi connectivity index (χ2n) is 9.85. The van der Waals surface area contributed by atoms with Crippen molar-refractivity contribution in [1.82, 2.24) is 9.91 Å². The number of carbonyl (C=O) groups is 3. The summed E-state index contributed by atoms with van der Waals surface area (Å²) in [5, 5.41) is 8.41. The summed E-state index contributed by atoms with van der Waals surface area (Å²) in [6.07, 6.45) is 1.71. The molecule has 37 heavy (non-hydrogen) atoms. The molecule has 0 bridgehead atoms. The fraction of sp³-hybridized carbons (Fsp3) is 0.310. The zero-order valence-electron chi connectivity index (χ0n) is 20.5. The van der Waals surface area contributed by atoms with Crippen LogP contribution in [-0.4, -0.2) is 56.7 Å². The molecule has 0 aliphatic carbocycles. The Morgan fingerprint density at radius 1 is 1.05 bits per heavy atom. The minimum atomic E-state index is -0.655. The monoisotopic (exact) mass is 513 g/mol. The van der Waals surface area contributed by atoms with Crippen molar-refractivity contribution in [2.45, 2.75) is 43.1 Å². The Morgan fingerprint density at radius 3 is 2.62 bits per heavy atom. The number of hydrogen-bond acceptors (Lipinski definition) is 6. The molecular weight excluding hydrogens is 486 g/mol. The van der Waals surface area contributed by atoms with Crippen LogP contribution in [0.15, 0.2) is 77.9 Å². The molecule has 0 N–H and O–H groups in total. The Bertz CT molecular complexity index is 1420. The Kier molecular flexibility index (Phi) is 5.99. The molecule has 0 saturated carbocycles. The second kappa shape index (κ2) is 9.34. The van der Waals surface area contributed by atoms with E-state index in [0.717, 1.165) is 34.0 Å². The first kappa shape index (κ1) is 23.7. The van der Waals surface area contributed by atoms with E-state index in [1.54, 1.807) is 16.7 Å². The molecule has 188 valence electrons. The summed E-state index contributed by atoms with van der Waals surface area (Å²) in [5.41, 5.74) is 2.74. The standard InChI is InChI=1S/C29H27N3O4S/c1-29-14-13-26(33)31(29)25(18-37-29)28(35)36-17-27(34)32-24(20-8-3-2-4-9-20)16-23(30-32)22-12-11-19-7-5-6-10-21(19)15-22/h2-12,15,24-25H,13-14,16-18H2,1H3/t24-,25-,29-/m1/s1. The van der Waals surface area contributed by atoms with E-state index in [2.05, 4.69) is 24.3 Å². The number of esters is 1. The van der Waals surface area contributed by atoms with E-state index >= 15 is 0 Å². The van der Waals surface area contributed by atoms with Crippen LogP contribution in [-0.2, 0) is 19.1 Å². The first-order valence-electron chi connectivity index (χ1n) is 12.5. The number of thioether (sulfide) groups is 1. The van der Waals surface area contributed by atoms with Gasteiger partial charge in [-0.25, -0.2) is 9.80 Å². The van der Waals surface area contributed by atoms with Gasteiger partial charge in [0.05, 0.1) is 16.6 Å². The predicted octanol–water partition coefficient (Wildman–Crippen LogP) is 4.51. The van der Waals surface area contributed by atoms with Gasteiger partial charge >= 0.3 is 5.97 Å². The number of carbonyl (C=O) groups excluding carboxylic acids is 3. The lowest BCUT2D eigenvalue weighted by molar-refractivity contribution is -0.158. The van der Waals surface area contributed by atoms with E-state index in [1.807, 2.05) is 55.5 Å². The van der Waals surface area contributed by atoms with Crippen molar-refractivity contribution in [2.75, 3.05) is 12.4 Å². The Morgan fingerprint density at radius 2 is 1.81 bits per heavy atom. The third kappa shape index (κ3) is 4.29. The first-order valence-corrected chi connectivity index (χ1v) is 13.5. The Balaban J connectivity index is 1.22. The topological polar surface area (TPSA) is 79.3 Å². The number of nitrogens with zero attached hydrogens (tertiary/aromatic N) is 3. The summed E-state index contributed by atoms with van der Waals surface area (Å²) in [7, 11) is 0. The molecule has 0 spiro atoms. The highest BCUT2D eigenvalue weighted by Crippen LogP contribution is 2.47. The van der Waals surface area contributed by atoms with E-state index in [0.29, 0.717) is 18.6 Å². The van der Waals surface area contributed by atoms with Gasteiger partial charge in [0.2, 0.25) is 5.91 Å². The minimum absolute atomic E-state index is 0.0333. The molecule has 2 saturated heterocycles. The van der Waals surface area contributed by atoms with Crippen LogP contribution in [0.3, 0.4) is 0 Å². The molecule has 3 aromatic carbocycles. The SMILES string of the molecule is C[C@@]12CCC(=O)N1[C@@H](C(=O)OCC(=O)N1N=C(c3ccc4ccccc4c3)C[C@@H]1c1ccccc1)CS2. The lowest BCUT2D eigenvalue weighted by atomic mass is 9.97. The van der Waals surface area contributed by atoms with Gasteiger partial charge in [-0.15, -0.1) is 11.8 Å². The van der Waals surface area contributed by atoms with Crippen molar-refractivity contribution in [3.8, 4) is 0 Å². The summed E-state index contributed by atoms with van der Waals surface area (Å²) >= 11 is 1.60. The van der Waals surface area contributed by atoms with Crippen molar-refractivity contribution in [3.05, 3.63) is 83.9 Å². The van der Waals surface area contributed by atoms with Crippen molar-refractivity contribution in [3.63, 3.8) is 0 Å².